The van der Waals surface area contributed by atoms with Crippen LogP contribution in [0.3, 0.4) is 0 Å². The molecule has 4 heteroatoms. The fraction of sp³-hybridized carbons (Fsp3) is 0.381. The monoisotopic (exact) mass is 338 g/mol. The lowest BCUT2D eigenvalue weighted by Crippen LogP contribution is -2.46. The molecule has 132 valence electrons. The molecule has 1 amide bonds. The number of benzene rings is 2. The zero-order chi connectivity index (χ0) is 17.5. The van der Waals surface area contributed by atoms with Crippen molar-refractivity contribution in [2.75, 3.05) is 20.1 Å². The van der Waals surface area contributed by atoms with Crippen LogP contribution in [0.4, 0.5) is 4.79 Å². The summed E-state index contributed by atoms with van der Waals surface area (Å²) in [6, 6.07) is 20.2. The van der Waals surface area contributed by atoms with Crippen LogP contribution in [0, 0.1) is 0 Å². The van der Waals surface area contributed by atoms with Gasteiger partial charge in [0.1, 0.15) is 6.61 Å². The van der Waals surface area contributed by atoms with Gasteiger partial charge in [-0.3, -0.25) is 0 Å². The number of nitrogens with zero attached hydrogens (tertiary/aromatic N) is 2. The van der Waals surface area contributed by atoms with Crippen LogP contribution in [-0.4, -0.2) is 42.1 Å². The van der Waals surface area contributed by atoms with Crippen LogP contribution in [-0.2, 0) is 17.9 Å². The molecule has 0 aliphatic carbocycles. The second-order valence-electron chi connectivity index (χ2n) is 6.69. The van der Waals surface area contributed by atoms with Crippen LogP contribution in [0.2, 0.25) is 0 Å². The molecular formula is C21H26N2O2. The van der Waals surface area contributed by atoms with Crippen molar-refractivity contribution < 1.29 is 9.53 Å². The van der Waals surface area contributed by atoms with E-state index >= 15 is 0 Å². The average Bonchev–Trinajstić information content (AvgIpc) is 2.67. The number of likely N-dealkylation sites (tertiary alicyclic amines) is 1. The van der Waals surface area contributed by atoms with Crippen molar-refractivity contribution in [2.45, 2.75) is 32.0 Å². The van der Waals surface area contributed by atoms with Crippen molar-refractivity contribution in [3.05, 3.63) is 71.8 Å². The third-order valence-electron chi connectivity index (χ3n) is 4.76. The fourth-order valence-corrected chi connectivity index (χ4v) is 3.23. The third-order valence-corrected chi connectivity index (χ3v) is 4.76. The Morgan fingerprint density at radius 2 is 1.56 bits per heavy atom. The molecule has 0 spiro atoms. The Hall–Kier alpha value is -2.33. The number of rotatable bonds is 5. The van der Waals surface area contributed by atoms with Gasteiger partial charge < -0.3 is 14.5 Å². The summed E-state index contributed by atoms with van der Waals surface area (Å²) in [4.78, 5) is 17.0. The smallest absolute Gasteiger partial charge is 0.410 e. The van der Waals surface area contributed by atoms with Gasteiger partial charge in [0.05, 0.1) is 0 Å². The van der Waals surface area contributed by atoms with Crippen LogP contribution in [0.5, 0.6) is 0 Å². The van der Waals surface area contributed by atoms with Gasteiger partial charge in [0, 0.05) is 12.6 Å². The predicted molar refractivity (Wildman–Crippen MR) is 99.1 cm³/mol. The second kappa shape index (κ2) is 8.67. The molecule has 1 saturated heterocycles. The first-order valence-corrected chi connectivity index (χ1v) is 8.92. The van der Waals surface area contributed by atoms with E-state index in [1.54, 1.807) is 0 Å². The Kier molecular flexibility index (Phi) is 6.07. The minimum Gasteiger partial charge on any atom is -0.445 e. The number of carbonyl (C=O) groups is 1. The molecule has 0 radical (unpaired) electrons. The van der Waals surface area contributed by atoms with Gasteiger partial charge in [-0.2, -0.15) is 0 Å². The number of hydrogen-bond acceptors (Lipinski definition) is 3. The molecule has 0 aromatic heterocycles. The van der Waals surface area contributed by atoms with Crippen molar-refractivity contribution >= 4 is 6.09 Å². The van der Waals surface area contributed by atoms with Crippen molar-refractivity contribution in [2.24, 2.45) is 0 Å². The van der Waals surface area contributed by atoms with E-state index in [0.717, 1.165) is 37.1 Å². The van der Waals surface area contributed by atoms with E-state index in [-0.39, 0.29) is 12.1 Å². The highest BCUT2D eigenvalue weighted by Crippen LogP contribution is 2.20. The molecule has 25 heavy (non-hydrogen) atoms. The molecule has 2 aromatic carbocycles. The molecule has 2 aromatic rings. The summed E-state index contributed by atoms with van der Waals surface area (Å²) in [7, 11) is 2.13. The standard InChI is InChI=1S/C21H26N2O2/c1-22-14-12-20(13-15-22)23(16-18-8-4-2-5-9-18)21(24)25-17-19-10-6-3-7-11-19/h2-11,20H,12-17H2,1H3. The highest BCUT2D eigenvalue weighted by molar-refractivity contribution is 5.68. The third kappa shape index (κ3) is 5.07. The molecular weight excluding hydrogens is 312 g/mol. The van der Waals surface area contributed by atoms with E-state index < -0.39 is 0 Å². The van der Waals surface area contributed by atoms with E-state index in [2.05, 4.69) is 24.1 Å². The van der Waals surface area contributed by atoms with E-state index in [4.69, 9.17) is 4.74 Å². The molecule has 1 aliphatic heterocycles. The van der Waals surface area contributed by atoms with E-state index in [0.29, 0.717) is 13.2 Å². The summed E-state index contributed by atoms with van der Waals surface area (Å²) in [5.74, 6) is 0. The topological polar surface area (TPSA) is 32.8 Å². The van der Waals surface area contributed by atoms with Gasteiger partial charge in [0.2, 0.25) is 0 Å². The molecule has 0 N–H and O–H groups in total. The molecule has 0 atom stereocenters. The number of carbonyl (C=O) groups excluding carboxylic acids is 1. The second-order valence-corrected chi connectivity index (χ2v) is 6.69. The minimum atomic E-state index is -0.220. The van der Waals surface area contributed by atoms with Crippen LogP contribution in [0.1, 0.15) is 24.0 Å². The molecule has 1 aliphatic rings. The van der Waals surface area contributed by atoms with Gasteiger partial charge in [-0.15, -0.1) is 0 Å². The van der Waals surface area contributed by atoms with Crippen molar-refractivity contribution in [3.8, 4) is 0 Å². The maximum atomic E-state index is 12.8. The quantitative estimate of drug-likeness (QED) is 0.828. The predicted octanol–water partition coefficient (Wildman–Crippen LogP) is 3.92. The molecule has 1 fully saturated rings. The Morgan fingerprint density at radius 3 is 2.16 bits per heavy atom. The summed E-state index contributed by atoms with van der Waals surface area (Å²) in [6.45, 7) is 2.95. The molecule has 0 unspecified atom stereocenters. The van der Waals surface area contributed by atoms with Gasteiger partial charge in [-0.05, 0) is 44.1 Å². The Bertz CT molecular complexity index is 652. The number of amides is 1. The number of hydrogen-bond donors (Lipinski definition) is 0. The Balaban J connectivity index is 1.67. The number of ether oxygens (including phenoxy) is 1. The zero-order valence-electron chi connectivity index (χ0n) is 14.8. The van der Waals surface area contributed by atoms with E-state index in [9.17, 15) is 4.79 Å². The van der Waals surface area contributed by atoms with Crippen LogP contribution in [0.15, 0.2) is 60.7 Å². The van der Waals surface area contributed by atoms with Gasteiger partial charge in [-0.25, -0.2) is 4.79 Å². The highest BCUT2D eigenvalue weighted by atomic mass is 16.6. The van der Waals surface area contributed by atoms with Gasteiger partial charge in [0.25, 0.3) is 0 Å². The average molecular weight is 338 g/mol. The Morgan fingerprint density at radius 1 is 1.00 bits per heavy atom. The fourth-order valence-electron chi connectivity index (χ4n) is 3.23. The van der Waals surface area contributed by atoms with E-state index in [1.807, 2.05) is 53.4 Å². The first kappa shape index (κ1) is 17.5. The maximum absolute atomic E-state index is 12.8. The molecule has 4 nitrogen and oxygen atoms in total. The summed E-state index contributed by atoms with van der Waals surface area (Å²) < 4.78 is 5.62. The van der Waals surface area contributed by atoms with Crippen LogP contribution in [0.25, 0.3) is 0 Å². The van der Waals surface area contributed by atoms with Crippen molar-refractivity contribution in [1.82, 2.24) is 9.80 Å². The molecule has 1 heterocycles. The van der Waals surface area contributed by atoms with Gasteiger partial charge in [-0.1, -0.05) is 60.7 Å². The lowest BCUT2D eigenvalue weighted by Gasteiger charge is -2.36. The van der Waals surface area contributed by atoms with Crippen molar-refractivity contribution in [3.63, 3.8) is 0 Å². The van der Waals surface area contributed by atoms with Crippen LogP contribution >= 0.6 is 0 Å². The molecule has 0 bridgehead atoms. The summed E-state index contributed by atoms with van der Waals surface area (Å²) in [6.07, 6.45) is 1.76. The summed E-state index contributed by atoms with van der Waals surface area (Å²) in [5, 5.41) is 0. The Labute approximate surface area is 150 Å². The minimum absolute atomic E-state index is 0.220. The first-order valence-electron chi connectivity index (χ1n) is 8.92. The van der Waals surface area contributed by atoms with Crippen molar-refractivity contribution in [1.29, 1.82) is 0 Å². The molecule has 3 rings (SSSR count). The van der Waals surface area contributed by atoms with Gasteiger partial charge in [0.15, 0.2) is 0 Å². The van der Waals surface area contributed by atoms with Crippen LogP contribution < -0.4 is 0 Å². The lowest BCUT2D eigenvalue weighted by atomic mass is 10.0. The first-order chi connectivity index (χ1) is 12.2. The van der Waals surface area contributed by atoms with E-state index in [1.165, 1.54) is 0 Å². The summed E-state index contributed by atoms with van der Waals surface area (Å²) >= 11 is 0. The largest absolute Gasteiger partial charge is 0.445 e. The molecule has 0 saturated carbocycles. The van der Waals surface area contributed by atoms with Gasteiger partial charge >= 0.3 is 6.09 Å². The zero-order valence-corrected chi connectivity index (χ0v) is 14.8. The highest BCUT2D eigenvalue weighted by Gasteiger charge is 2.28. The SMILES string of the molecule is CN1CCC(N(Cc2ccccc2)C(=O)OCc2ccccc2)CC1. The maximum Gasteiger partial charge on any atom is 0.410 e. The normalized spacial score (nSPS) is 15.7. The number of piperidine rings is 1. The summed E-state index contributed by atoms with van der Waals surface area (Å²) in [5.41, 5.74) is 2.15. The lowest BCUT2D eigenvalue weighted by molar-refractivity contribution is 0.0604.